The molecule has 0 saturated heterocycles. The maximum Gasteiger partial charge on any atom is 0.323 e. The van der Waals surface area contributed by atoms with Gasteiger partial charge in [-0.05, 0) is 37.0 Å². The van der Waals surface area contributed by atoms with Gasteiger partial charge in [-0.1, -0.05) is 26.8 Å². The minimum atomic E-state index is -0.562. The Morgan fingerprint density at radius 2 is 2.24 bits per heavy atom. The molecule has 1 aliphatic rings. The first-order valence-electron chi connectivity index (χ1n) is 6.41. The average molecular weight is 239 g/mol. The predicted molar refractivity (Wildman–Crippen MR) is 69.5 cm³/mol. The van der Waals surface area contributed by atoms with E-state index in [0.29, 0.717) is 12.3 Å². The Morgan fingerprint density at radius 3 is 2.76 bits per heavy atom. The Labute approximate surface area is 104 Å². The fraction of sp³-hybridized carbons (Fsp3) is 0.786. The molecule has 3 heteroatoms. The third kappa shape index (κ3) is 4.50. The molecule has 1 fully saturated rings. The maximum atomic E-state index is 11.7. The SMILES string of the molecule is C=CCC(N)C(=O)OC1CC(C)CC(C)(C)C1. The van der Waals surface area contributed by atoms with E-state index in [9.17, 15) is 4.79 Å². The van der Waals surface area contributed by atoms with Crippen molar-refractivity contribution < 1.29 is 9.53 Å². The average Bonchev–Trinajstić information content (AvgIpc) is 2.14. The number of hydrogen-bond donors (Lipinski definition) is 1. The smallest absolute Gasteiger partial charge is 0.323 e. The van der Waals surface area contributed by atoms with E-state index >= 15 is 0 Å². The second-order valence-electron chi connectivity index (χ2n) is 6.10. The maximum absolute atomic E-state index is 11.7. The van der Waals surface area contributed by atoms with Crippen molar-refractivity contribution in [3.05, 3.63) is 12.7 Å². The molecule has 1 rings (SSSR count). The van der Waals surface area contributed by atoms with Crippen molar-refractivity contribution >= 4 is 5.97 Å². The van der Waals surface area contributed by atoms with Crippen molar-refractivity contribution in [2.45, 2.75) is 58.6 Å². The number of hydrogen-bond acceptors (Lipinski definition) is 3. The Hall–Kier alpha value is -0.830. The molecule has 0 heterocycles. The van der Waals surface area contributed by atoms with E-state index in [1.165, 1.54) is 6.42 Å². The molecule has 1 saturated carbocycles. The fourth-order valence-electron chi connectivity index (χ4n) is 2.88. The summed E-state index contributed by atoms with van der Waals surface area (Å²) in [6.45, 7) is 10.2. The van der Waals surface area contributed by atoms with E-state index in [0.717, 1.165) is 12.8 Å². The lowest BCUT2D eigenvalue weighted by molar-refractivity contribution is -0.154. The van der Waals surface area contributed by atoms with E-state index < -0.39 is 6.04 Å². The molecule has 3 nitrogen and oxygen atoms in total. The highest BCUT2D eigenvalue weighted by Gasteiger charge is 2.34. The molecule has 0 radical (unpaired) electrons. The van der Waals surface area contributed by atoms with Crippen LogP contribution in [0, 0.1) is 11.3 Å². The van der Waals surface area contributed by atoms with Crippen molar-refractivity contribution in [1.29, 1.82) is 0 Å². The van der Waals surface area contributed by atoms with Gasteiger partial charge >= 0.3 is 5.97 Å². The van der Waals surface area contributed by atoms with Crippen LogP contribution in [-0.4, -0.2) is 18.1 Å². The Morgan fingerprint density at radius 1 is 1.59 bits per heavy atom. The van der Waals surface area contributed by atoms with Crippen LogP contribution >= 0.6 is 0 Å². The summed E-state index contributed by atoms with van der Waals surface area (Å²) in [7, 11) is 0. The van der Waals surface area contributed by atoms with Gasteiger partial charge in [-0.2, -0.15) is 0 Å². The third-order valence-corrected chi connectivity index (χ3v) is 3.35. The van der Waals surface area contributed by atoms with Crippen LogP contribution in [0.2, 0.25) is 0 Å². The first-order chi connectivity index (χ1) is 7.84. The summed E-state index contributed by atoms with van der Waals surface area (Å²) >= 11 is 0. The molecule has 98 valence electrons. The van der Waals surface area contributed by atoms with Gasteiger partial charge in [0, 0.05) is 0 Å². The van der Waals surface area contributed by atoms with Crippen molar-refractivity contribution in [1.82, 2.24) is 0 Å². The number of esters is 1. The fourth-order valence-corrected chi connectivity index (χ4v) is 2.88. The first kappa shape index (κ1) is 14.2. The standard InChI is InChI=1S/C14H25NO2/c1-5-6-12(15)13(16)17-11-7-10(2)8-14(3,4)9-11/h5,10-12H,1,6-9,15H2,2-4H3. The first-order valence-corrected chi connectivity index (χ1v) is 6.41. The van der Waals surface area contributed by atoms with Crippen LogP contribution in [-0.2, 0) is 9.53 Å². The highest BCUT2D eigenvalue weighted by Crippen LogP contribution is 2.39. The van der Waals surface area contributed by atoms with E-state index in [-0.39, 0.29) is 17.5 Å². The Kier molecular flexibility index (Phi) is 4.75. The summed E-state index contributed by atoms with van der Waals surface area (Å²) in [5.41, 5.74) is 5.96. The molecule has 17 heavy (non-hydrogen) atoms. The van der Waals surface area contributed by atoms with Crippen LogP contribution in [0.25, 0.3) is 0 Å². The van der Waals surface area contributed by atoms with E-state index in [1.54, 1.807) is 6.08 Å². The largest absolute Gasteiger partial charge is 0.461 e. The number of ether oxygens (including phenoxy) is 1. The second kappa shape index (κ2) is 5.67. The van der Waals surface area contributed by atoms with E-state index in [1.807, 2.05) is 0 Å². The highest BCUT2D eigenvalue weighted by molar-refractivity contribution is 5.75. The third-order valence-electron chi connectivity index (χ3n) is 3.35. The molecule has 2 N–H and O–H groups in total. The minimum Gasteiger partial charge on any atom is -0.461 e. The monoisotopic (exact) mass is 239 g/mol. The van der Waals surface area contributed by atoms with E-state index in [4.69, 9.17) is 10.5 Å². The molecular weight excluding hydrogens is 214 g/mol. The van der Waals surface area contributed by atoms with Gasteiger partial charge in [-0.25, -0.2) is 0 Å². The van der Waals surface area contributed by atoms with Gasteiger partial charge in [-0.3, -0.25) is 4.79 Å². The molecule has 0 aromatic heterocycles. The lowest BCUT2D eigenvalue weighted by Gasteiger charge is -2.38. The Balaban J connectivity index is 2.50. The topological polar surface area (TPSA) is 52.3 Å². The summed E-state index contributed by atoms with van der Waals surface area (Å²) in [6.07, 6.45) is 5.24. The van der Waals surface area contributed by atoms with Crippen LogP contribution < -0.4 is 5.73 Å². The number of nitrogens with two attached hydrogens (primary N) is 1. The van der Waals surface area contributed by atoms with E-state index in [2.05, 4.69) is 27.4 Å². The summed E-state index contributed by atoms with van der Waals surface area (Å²) in [5, 5.41) is 0. The quantitative estimate of drug-likeness (QED) is 0.606. The van der Waals surface area contributed by atoms with Crippen LogP contribution in [0.5, 0.6) is 0 Å². The lowest BCUT2D eigenvalue weighted by atomic mass is 9.71. The second-order valence-corrected chi connectivity index (χ2v) is 6.10. The van der Waals surface area contributed by atoms with Crippen molar-refractivity contribution in [2.75, 3.05) is 0 Å². The van der Waals surface area contributed by atoms with Crippen molar-refractivity contribution in [3.8, 4) is 0 Å². The molecule has 0 bridgehead atoms. The van der Waals surface area contributed by atoms with Gasteiger partial charge in [0.05, 0.1) is 0 Å². The number of carbonyl (C=O) groups is 1. The number of rotatable bonds is 4. The summed E-state index contributed by atoms with van der Waals surface area (Å²) in [5.74, 6) is 0.312. The van der Waals surface area contributed by atoms with Crippen LogP contribution in [0.15, 0.2) is 12.7 Å². The molecule has 1 aliphatic carbocycles. The summed E-state index contributed by atoms with van der Waals surface area (Å²) < 4.78 is 5.50. The van der Waals surface area contributed by atoms with Gasteiger partial charge in [0.2, 0.25) is 0 Å². The molecule has 3 atom stereocenters. The molecule has 0 spiro atoms. The zero-order valence-electron chi connectivity index (χ0n) is 11.2. The van der Waals surface area contributed by atoms with Crippen LogP contribution in [0.3, 0.4) is 0 Å². The van der Waals surface area contributed by atoms with Gasteiger partial charge in [0.15, 0.2) is 0 Å². The lowest BCUT2D eigenvalue weighted by Crippen LogP contribution is -2.39. The zero-order valence-corrected chi connectivity index (χ0v) is 11.2. The molecular formula is C14H25NO2. The van der Waals surface area contributed by atoms with Gasteiger partial charge in [0.25, 0.3) is 0 Å². The number of carbonyl (C=O) groups excluding carboxylic acids is 1. The molecule has 0 amide bonds. The highest BCUT2D eigenvalue weighted by atomic mass is 16.5. The molecule has 3 unspecified atom stereocenters. The summed E-state index contributed by atoms with van der Waals surface area (Å²) in [6, 6.07) is -0.562. The minimum absolute atomic E-state index is 0.0251. The van der Waals surface area contributed by atoms with Crippen molar-refractivity contribution in [3.63, 3.8) is 0 Å². The molecule has 0 aromatic rings. The van der Waals surface area contributed by atoms with Gasteiger partial charge in [0.1, 0.15) is 12.1 Å². The zero-order chi connectivity index (χ0) is 13.1. The van der Waals surface area contributed by atoms with Crippen LogP contribution in [0.1, 0.15) is 46.5 Å². The predicted octanol–water partition coefficient (Wildman–Crippen LogP) is 2.65. The summed E-state index contributed by atoms with van der Waals surface area (Å²) in [4.78, 5) is 11.7. The van der Waals surface area contributed by atoms with Gasteiger partial charge < -0.3 is 10.5 Å². The molecule has 0 aliphatic heterocycles. The van der Waals surface area contributed by atoms with Crippen LogP contribution in [0.4, 0.5) is 0 Å². The van der Waals surface area contributed by atoms with Gasteiger partial charge in [-0.15, -0.1) is 6.58 Å². The normalized spacial score (nSPS) is 29.4. The molecule has 0 aromatic carbocycles. The Bertz CT molecular complexity index is 286. The van der Waals surface area contributed by atoms with Crippen molar-refractivity contribution in [2.24, 2.45) is 17.1 Å².